The molecule has 0 aromatic heterocycles. The molecule has 0 atom stereocenters. The average Bonchev–Trinajstić information content (AvgIpc) is 2.11. The molecular weight excluding hydrogens is 318 g/mol. The third-order valence-electron chi connectivity index (χ3n) is 3.03. The minimum absolute atomic E-state index is 0.277. The van der Waals surface area contributed by atoms with E-state index in [0.717, 1.165) is 5.56 Å². The predicted octanol–water partition coefficient (Wildman–Crippen LogP) is 1.82. The smallest absolute Gasteiger partial charge is 0.186 e. The molecule has 1 fully saturated rings. The van der Waals surface area contributed by atoms with Crippen molar-refractivity contribution in [2.75, 3.05) is 13.2 Å². The summed E-state index contributed by atoms with van der Waals surface area (Å²) >= 11 is 3.32. The van der Waals surface area contributed by atoms with Crippen LogP contribution in [0.2, 0.25) is 0 Å². The predicted molar refractivity (Wildman–Crippen MR) is 73.1 cm³/mol. The summed E-state index contributed by atoms with van der Waals surface area (Å²) in [6, 6.07) is 5.14. The number of rotatable bonds is 3. The Bertz CT molecular complexity index is 559. The van der Waals surface area contributed by atoms with Gasteiger partial charge in [-0.15, -0.1) is 0 Å². The Balaban J connectivity index is 2.42. The number of hydrogen-bond donors (Lipinski definition) is 1. The van der Waals surface area contributed by atoms with Crippen LogP contribution in [0.4, 0.5) is 0 Å². The summed E-state index contributed by atoms with van der Waals surface area (Å²) in [6.07, 6.45) is 0. The quantitative estimate of drug-likeness (QED) is 0.915. The molecule has 0 unspecified atom stereocenters. The van der Waals surface area contributed by atoms with Crippen molar-refractivity contribution in [1.82, 2.24) is 0 Å². The lowest BCUT2D eigenvalue weighted by atomic mass is 9.96. The molecule has 1 aromatic rings. The highest BCUT2D eigenvalue weighted by Gasteiger charge is 2.35. The van der Waals surface area contributed by atoms with Gasteiger partial charge in [-0.3, -0.25) is 0 Å². The lowest BCUT2D eigenvalue weighted by Crippen LogP contribution is -2.40. The minimum Gasteiger partial charge on any atom is -0.379 e. The van der Waals surface area contributed by atoms with Crippen molar-refractivity contribution in [1.29, 1.82) is 0 Å². The van der Waals surface area contributed by atoms with E-state index in [1.807, 2.05) is 13.8 Å². The highest BCUT2D eigenvalue weighted by atomic mass is 79.9. The minimum atomic E-state index is -3.31. The first-order chi connectivity index (χ1) is 8.23. The normalized spacial score (nSPS) is 17.6. The second-order valence-electron chi connectivity index (χ2n) is 5.07. The fraction of sp³-hybridized carbons (Fsp3) is 0.500. The van der Waals surface area contributed by atoms with Crippen LogP contribution in [0, 0.1) is 0 Å². The molecule has 1 aliphatic rings. The van der Waals surface area contributed by atoms with Crippen molar-refractivity contribution < 1.29 is 13.2 Å². The molecule has 1 aromatic carbocycles. The molecule has 6 heteroatoms. The third-order valence-corrected chi connectivity index (χ3v) is 6.07. The van der Waals surface area contributed by atoms with E-state index in [2.05, 4.69) is 15.9 Å². The number of hydrogen-bond acceptors (Lipinski definition) is 4. The average molecular weight is 334 g/mol. The maximum Gasteiger partial charge on any atom is 0.186 e. The number of halogens is 1. The summed E-state index contributed by atoms with van der Waals surface area (Å²) in [5, 5.41) is -0.425. The van der Waals surface area contributed by atoms with E-state index in [1.165, 1.54) is 0 Å². The summed E-state index contributed by atoms with van der Waals surface area (Å²) < 4.78 is 30.0. The lowest BCUT2D eigenvalue weighted by Gasteiger charge is -2.27. The number of sulfone groups is 1. The lowest BCUT2D eigenvalue weighted by molar-refractivity contribution is 0.0416. The first kappa shape index (κ1) is 14.0. The van der Waals surface area contributed by atoms with Crippen LogP contribution in [-0.4, -0.2) is 26.9 Å². The van der Waals surface area contributed by atoms with E-state index in [9.17, 15) is 8.42 Å². The fourth-order valence-corrected chi connectivity index (χ4v) is 4.26. The monoisotopic (exact) mass is 333 g/mol. The number of benzene rings is 1. The summed E-state index contributed by atoms with van der Waals surface area (Å²) in [5.41, 5.74) is 6.38. The molecule has 1 saturated heterocycles. The number of nitrogens with two attached hydrogens (primary N) is 1. The van der Waals surface area contributed by atoms with Crippen LogP contribution in [-0.2, 0) is 20.1 Å². The van der Waals surface area contributed by atoms with Crippen LogP contribution in [0.15, 0.2) is 27.6 Å². The van der Waals surface area contributed by atoms with Gasteiger partial charge in [0.1, 0.15) is 5.25 Å². The van der Waals surface area contributed by atoms with Crippen molar-refractivity contribution in [3.05, 3.63) is 28.2 Å². The summed E-state index contributed by atoms with van der Waals surface area (Å²) in [7, 11) is -3.31. The standard InChI is InChI=1S/C12H16BrNO3S/c1-12(2,14)8-3-4-11(10(13)5-8)18(15,16)9-6-17-7-9/h3-5,9H,6-7,14H2,1-2H3. The summed E-state index contributed by atoms with van der Waals surface area (Å²) in [6.45, 7) is 4.31. The third kappa shape index (κ3) is 2.47. The first-order valence-corrected chi connectivity index (χ1v) is 7.97. The van der Waals surface area contributed by atoms with E-state index in [4.69, 9.17) is 10.5 Å². The molecule has 1 heterocycles. The number of ether oxygens (including phenoxy) is 1. The maximum absolute atomic E-state index is 12.3. The summed E-state index contributed by atoms with van der Waals surface area (Å²) in [5.74, 6) is 0. The van der Waals surface area contributed by atoms with E-state index in [-0.39, 0.29) is 13.2 Å². The van der Waals surface area contributed by atoms with E-state index < -0.39 is 20.6 Å². The van der Waals surface area contributed by atoms with Gasteiger partial charge < -0.3 is 10.5 Å². The van der Waals surface area contributed by atoms with Crippen LogP contribution in [0.25, 0.3) is 0 Å². The van der Waals surface area contributed by atoms with Gasteiger partial charge in [0.05, 0.1) is 18.1 Å². The Kier molecular flexibility index (Phi) is 3.57. The van der Waals surface area contributed by atoms with Gasteiger partial charge in [0.15, 0.2) is 9.84 Å². The topological polar surface area (TPSA) is 69.4 Å². The second kappa shape index (κ2) is 4.59. The van der Waals surface area contributed by atoms with E-state index >= 15 is 0 Å². The van der Waals surface area contributed by atoms with E-state index in [0.29, 0.717) is 9.37 Å². The van der Waals surface area contributed by atoms with Gasteiger partial charge in [0.25, 0.3) is 0 Å². The van der Waals surface area contributed by atoms with Crippen molar-refractivity contribution in [3.8, 4) is 0 Å². The highest BCUT2D eigenvalue weighted by Crippen LogP contribution is 2.31. The molecule has 0 aliphatic carbocycles. The molecular formula is C12H16BrNO3S. The van der Waals surface area contributed by atoms with Gasteiger partial charge in [-0.05, 0) is 47.5 Å². The molecule has 0 saturated carbocycles. The zero-order valence-electron chi connectivity index (χ0n) is 10.3. The molecule has 0 amide bonds. The Hall–Kier alpha value is -0.430. The Labute approximate surface area is 116 Å². The van der Waals surface area contributed by atoms with Crippen molar-refractivity contribution in [3.63, 3.8) is 0 Å². The second-order valence-corrected chi connectivity index (χ2v) is 8.12. The maximum atomic E-state index is 12.3. The van der Waals surface area contributed by atoms with Crippen molar-refractivity contribution >= 4 is 25.8 Å². The van der Waals surface area contributed by atoms with Crippen LogP contribution >= 0.6 is 15.9 Å². The van der Waals surface area contributed by atoms with Crippen LogP contribution in [0.3, 0.4) is 0 Å². The van der Waals surface area contributed by atoms with Crippen molar-refractivity contribution in [2.24, 2.45) is 5.73 Å². The van der Waals surface area contributed by atoms with Gasteiger partial charge in [0, 0.05) is 10.0 Å². The largest absolute Gasteiger partial charge is 0.379 e. The van der Waals surface area contributed by atoms with Gasteiger partial charge in [0.2, 0.25) is 0 Å². The molecule has 2 N–H and O–H groups in total. The highest BCUT2D eigenvalue weighted by molar-refractivity contribution is 9.10. The molecule has 100 valence electrons. The molecule has 0 radical (unpaired) electrons. The van der Waals surface area contributed by atoms with Crippen LogP contribution in [0.1, 0.15) is 19.4 Å². The van der Waals surface area contributed by atoms with E-state index in [1.54, 1.807) is 18.2 Å². The van der Waals surface area contributed by atoms with Gasteiger partial charge in [-0.25, -0.2) is 8.42 Å². The van der Waals surface area contributed by atoms with Gasteiger partial charge >= 0.3 is 0 Å². The molecule has 1 aliphatic heterocycles. The van der Waals surface area contributed by atoms with Crippen LogP contribution < -0.4 is 5.73 Å². The first-order valence-electron chi connectivity index (χ1n) is 5.63. The molecule has 18 heavy (non-hydrogen) atoms. The zero-order chi connectivity index (χ0) is 13.6. The Morgan fingerprint density at radius 2 is 2.00 bits per heavy atom. The van der Waals surface area contributed by atoms with Gasteiger partial charge in [-0.2, -0.15) is 0 Å². The molecule has 4 nitrogen and oxygen atoms in total. The Morgan fingerprint density at radius 3 is 2.39 bits per heavy atom. The van der Waals surface area contributed by atoms with Crippen LogP contribution in [0.5, 0.6) is 0 Å². The van der Waals surface area contributed by atoms with Crippen molar-refractivity contribution in [2.45, 2.75) is 29.5 Å². The molecule has 2 rings (SSSR count). The summed E-state index contributed by atoms with van der Waals surface area (Å²) in [4.78, 5) is 0.309. The zero-order valence-corrected chi connectivity index (χ0v) is 12.7. The SMILES string of the molecule is CC(C)(N)c1ccc(S(=O)(=O)C2COC2)c(Br)c1. The Morgan fingerprint density at radius 1 is 1.39 bits per heavy atom. The molecule has 0 spiro atoms. The fourth-order valence-electron chi connectivity index (χ4n) is 1.71. The molecule has 0 bridgehead atoms. The van der Waals surface area contributed by atoms with Gasteiger partial charge in [-0.1, -0.05) is 6.07 Å².